The van der Waals surface area contributed by atoms with Gasteiger partial charge in [-0.05, 0) is 6.07 Å². The standard InChI is InChI=1S/C13H15ClN2O4/c1-8(17)16(2)7-11(18)15-12(13(19)20)9-5-3-4-6-10(9)14/h3-6,12H,7H2,1-2H3,(H,15,18)(H,19,20)/t12-/m1/s1. The lowest BCUT2D eigenvalue weighted by Gasteiger charge is -2.19. The number of carbonyl (C=O) groups excluding carboxylic acids is 2. The van der Waals surface area contributed by atoms with Crippen molar-refractivity contribution in [3.63, 3.8) is 0 Å². The van der Waals surface area contributed by atoms with Crippen molar-refractivity contribution in [1.29, 1.82) is 0 Å². The van der Waals surface area contributed by atoms with E-state index in [2.05, 4.69) is 5.32 Å². The van der Waals surface area contributed by atoms with Gasteiger partial charge in [-0.1, -0.05) is 29.8 Å². The van der Waals surface area contributed by atoms with Gasteiger partial charge in [0.15, 0.2) is 6.04 Å². The average Bonchev–Trinajstić information content (AvgIpc) is 2.36. The van der Waals surface area contributed by atoms with Gasteiger partial charge in [0.1, 0.15) is 0 Å². The number of carboxylic acid groups (broad SMARTS) is 1. The lowest BCUT2D eigenvalue weighted by atomic mass is 10.1. The van der Waals surface area contributed by atoms with Crippen LogP contribution in [0.4, 0.5) is 0 Å². The van der Waals surface area contributed by atoms with Crippen molar-refractivity contribution in [1.82, 2.24) is 10.2 Å². The van der Waals surface area contributed by atoms with Gasteiger partial charge in [0.05, 0.1) is 6.54 Å². The van der Waals surface area contributed by atoms with Crippen LogP contribution < -0.4 is 5.32 Å². The van der Waals surface area contributed by atoms with Crippen LogP contribution in [0.1, 0.15) is 18.5 Å². The molecular formula is C13H15ClN2O4. The maximum absolute atomic E-state index is 11.7. The third-order valence-electron chi connectivity index (χ3n) is 2.69. The first-order valence-electron chi connectivity index (χ1n) is 5.81. The van der Waals surface area contributed by atoms with Crippen molar-refractivity contribution in [2.24, 2.45) is 0 Å². The number of halogens is 1. The fraction of sp³-hybridized carbons (Fsp3) is 0.308. The molecule has 2 N–H and O–H groups in total. The van der Waals surface area contributed by atoms with Crippen molar-refractivity contribution in [2.45, 2.75) is 13.0 Å². The maximum Gasteiger partial charge on any atom is 0.330 e. The number of nitrogens with zero attached hydrogens (tertiary/aromatic N) is 1. The quantitative estimate of drug-likeness (QED) is 0.851. The van der Waals surface area contributed by atoms with Gasteiger partial charge >= 0.3 is 5.97 Å². The molecule has 1 aromatic rings. The minimum atomic E-state index is -1.25. The average molecular weight is 299 g/mol. The van der Waals surface area contributed by atoms with Crippen molar-refractivity contribution >= 4 is 29.4 Å². The van der Waals surface area contributed by atoms with Gasteiger partial charge in [0.2, 0.25) is 11.8 Å². The van der Waals surface area contributed by atoms with Crippen LogP contribution in [0.3, 0.4) is 0 Å². The molecule has 20 heavy (non-hydrogen) atoms. The van der Waals surface area contributed by atoms with Crippen LogP contribution in [0.2, 0.25) is 5.02 Å². The normalized spacial score (nSPS) is 11.6. The number of nitrogens with one attached hydrogen (secondary N) is 1. The summed E-state index contributed by atoms with van der Waals surface area (Å²) in [4.78, 5) is 35.2. The summed E-state index contributed by atoms with van der Waals surface area (Å²) < 4.78 is 0. The van der Waals surface area contributed by atoms with Gasteiger partial charge in [-0.15, -0.1) is 0 Å². The number of rotatable bonds is 5. The Balaban J connectivity index is 2.84. The molecule has 1 rings (SSSR count). The maximum atomic E-state index is 11.7. The van der Waals surface area contributed by atoms with E-state index in [0.29, 0.717) is 5.56 Å². The molecule has 0 saturated heterocycles. The Hall–Kier alpha value is -2.08. The zero-order valence-corrected chi connectivity index (χ0v) is 11.8. The van der Waals surface area contributed by atoms with Crippen molar-refractivity contribution < 1.29 is 19.5 Å². The van der Waals surface area contributed by atoms with Crippen LogP contribution >= 0.6 is 11.6 Å². The van der Waals surface area contributed by atoms with E-state index in [0.717, 1.165) is 0 Å². The van der Waals surface area contributed by atoms with Crippen LogP contribution in [0.5, 0.6) is 0 Å². The molecule has 0 heterocycles. The Kier molecular flexibility index (Phi) is 5.52. The lowest BCUT2D eigenvalue weighted by Crippen LogP contribution is -2.41. The fourth-order valence-electron chi connectivity index (χ4n) is 1.52. The summed E-state index contributed by atoms with van der Waals surface area (Å²) in [6.45, 7) is 1.10. The molecule has 7 heteroatoms. The van der Waals surface area contributed by atoms with Gasteiger partial charge in [-0.25, -0.2) is 4.79 Å². The Morgan fingerprint density at radius 2 is 1.95 bits per heavy atom. The zero-order chi connectivity index (χ0) is 15.3. The van der Waals surface area contributed by atoms with E-state index in [1.165, 1.54) is 24.9 Å². The second kappa shape index (κ2) is 6.91. The first-order valence-corrected chi connectivity index (χ1v) is 6.19. The summed E-state index contributed by atoms with van der Waals surface area (Å²) in [6.07, 6.45) is 0. The molecule has 0 aromatic heterocycles. The highest BCUT2D eigenvalue weighted by atomic mass is 35.5. The predicted molar refractivity (Wildman–Crippen MR) is 73.3 cm³/mol. The number of carbonyl (C=O) groups is 3. The zero-order valence-electron chi connectivity index (χ0n) is 11.1. The highest BCUT2D eigenvalue weighted by molar-refractivity contribution is 6.31. The third kappa shape index (κ3) is 4.24. The second-order valence-corrected chi connectivity index (χ2v) is 4.64. The minimum Gasteiger partial charge on any atom is -0.479 e. The van der Waals surface area contributed by atoms with Gasteiger partial charge in [0.25, 0.3) is 0 Å². The molecule has 0 unspecified atom stereocenters. The van der Waals surface area contributed by atoms with Crippen molar-refractivity contribution in [2.75, 3.05) is 13.6 Å². The van der Waals surface area contributed by atoms with E-state index in [-0.39, 0.29) is 17.5 Å². The van der Waals surface area contributed by atoms with Gasteiger partial charge in [-0.2, -0.15) is 0 Å². The monoisotopic (exact) mass is 298 g/mol. The number of hydrogen-bond acceptors (Lipinski definition) is 3. The Morgan fingerprint density at radius 1 is 1.35 bits per heavy atom. The summed E-state index contributed by atoms with van der Waals surface area (Å²) >= 11 is 5.92. The number of hydrogen-bond donors (Lipinski definition) is 2. The Bertz CT molecular complexity index is 533. The third-order valence-corrected chi connectivity index (χ3v) is 3.03. The van der Waals surface area contributed by atoms with E-state index in [9.17, 15) is 19.5 Å². The second-order valence-electron chi connectivity index (χ2n) is 4.24. The Labute approximate surface area is 121 Å². The summed E-state index contributed by atoms with van der Waals surface area (Å²) in [5, 5.41) is 11.8. The minimum absolute atomic E-state index is 0.219. The topological polar surface area (TPSA) is 86.7 Å². The number of likely N-dealkylation sites (N-methyl/N-ethyl adjacent to an activating group) is 1. The summed E-state index contributed by atoms with van der Waals surface area (Å²) in [6, 6.07) is 5.11. The molecule has 0 fully saturated rings. The molecule has 0 aliphatic heterocycles. The number of benzene rings is 1. The van der Waals surface area contributed by atoms with E-state index < -0.39 is 17.9 Å². The molecular weight excluding hydrogens is 284 g/mol. The van der Waals surface area contributed by atoms with Crippen LogP contribution in [-0.2, 0) is 14.4 Å². The predicted octanol–water partition coefficient (Wildman–Crippen LogP) is 1.06. The van der Waals surface area contributed by atoms with E-state index in [4.69, 9.17) is 11.6 Å². The molecule has 2 amide bonds. The van der Waals surface area contributed by atoms with Crippen LogP contribution in [0.25, 0.3) is 0 Å². The number of amides is 2. The van der Waals surface area contributed by atoms with Gasteiger partial charge < -0.3 is 15.3 Å². The molecule has 0 radical (unpaired) electrons. The molecule has 1 atom stereocenters. The molecule has 6 nitrogen and oxygen atoms in total. The Morgan fingerprint density at radius 3 is 2.45 bits per heavy atom. The van der Waals surface area contributed by atoms with Crippen LogP contribution in [-0.4, -0.2) is 41.4 Å². The molecule has 0 aliphatic carbocycles. The van der Waals surface area contributed by atoms with Gasteiger partial charge in [-0.3, -0.25) is 9.59 Å². The smallest absolute Gasteiger partial charge is 0.330 e. The summed E-state index contributed by atoms with van der Waals surface area (Å²) in [5.74, 6) is -2.09. The SMILES string of the molecule is CC(=O)N(C)CC(=O)N[C@@H](C(=O)O)c1ccccc1Cl. The number of carboxylic acids is 1. The molecule has 0 saturated carbocycles. The first-order chi connectivity index (χ1) is 9.32. The molecule has 0 bridgehead atoms. The van der Waals surface area contributed by atoms with E-state index >= 15 is 0 Å². The van der Waals surface area contributed by atoms with Crippen molar-refractivity contribution in [3.05, 3.63) is 34.9 Å². The number of aliphatic carboxylic acids is 1. The van der Waals surface area contributed by atoms with Crippen LogP contribution in [0.15, 0.2) is 24.3 Å². The lowest BCUT2D eigenvalue weighted by molar-refractivity contribution is -0.142. The summed E-state index contributed by atoms with van der Waals surface area (Å²) in [5.41, 5.74) is 0.292. The highest BCUT2D eigenvalue weighted by Crippen LogP contribution is 2.22. The van der Waals surface area contributed by atoms with E-state index in [1.807, 2.05) is 0 Å². The molecule has 1 aromatic carbocycles. The molecule has 108 valence electrons. The summed E-state index contributed by atoms with van der Waals surface area (Å²) in [7, 11) is 1.45. The van der Waals surface area contributed by atoms with E-state index in [1.54, 1.807) is 18.2 Å². The molecule has 0 spiro atoms. The fourth-order valence-corrected chi connectivity index (χ4v) is 1.76. The van der Waals surface area contributed by atoms with Crippen molar-refractivity contribution in [3.8, 4) is 0 Å². The molecule has 0 aliphatic rings. The highest BCUT2D eigenvalue weighted by Gasteiger charge is 2.24. The van der Waals surface area contributed by atoms with Gasteiger partial charge in [0, 0.05) is 24.6 Å². The first kappa shape index (κ1) is 16.0. The van der Waals surface area contributed by atoms with Crippen LogP contribution in [0, 0.1) is 0 Å². The largest absolute Gasteiger partial charge is 0.479 e.